The van der Waals surface area contributed by atoms with Crippen molar-refractivity contribution in [3.63, 3.8) is 0 Å². The molecule has 0 atom stereocenters. The Morgan fingerprint density at radius 2 is 1.52 bits per heavy atom. The van der Waals surface area contributed by atoms with Gasteiger partial charge in [0.25, 0.3) is 0 Å². The van der Waals surface area contributed by atoms with Crippen LogP contribution in [-0.2, 0) is 11.8 Å². The van der Waals surface area contributed by atoms with E-state index in [1.807, 2.05) is 18.5 Å². The van der Waals surface area contributed by atoms with Gasteiger partial charge in [0.05, 0.1) is 5.69 Å². The molecule has 130 valence electrons. The van der Waals surface area contributed by atoms with Crippen LogP contribution in [0.4, 0.5) is 0 Å². The first-order valence-corrected chi connectivity index (χ1v) is 9.28. The maximum atomic E-state index is 4.27. The van der Waals surface area contributed by atoms with Crippen molar-refractivity contribution in [3.05, 3.63) is 120 Å². The second kappa shape index (κ2) is 6.40. The molecule has 0 amide bonds. The molecule has 0 bridgehead atoms. The smallest absolute Gasteiger partial charge is 0.0545 e. The highest BCUT2D eigenvalue weighted by Crippen LogP contribution is 2.43. The monoisotopic (exact) mass is 348 g/mol. The molecular formula is C25H20N2. The van der Waals surface area contributed by atoms with Crippen molar-refractivity contribution in [1.29, 1.82) is 0 Å². The van der Waals surface area contributed by atoms with Gasteiger partial charge in [-0.1, -0.05) is 72.8 Å². The number of rotatable bonds is 3. The number of fused-ring (bicyclic) bond motifs is 1. The summed E-state index contributed by atoms with van der Waals surface area (Å²) in [4.78, 5) is 7.75. The van der Waals surface area contributed by atoms with E-state index in [-0.39, 0.29) is 5.41 Å². The van der Waals surface area contributed by atoms with E-state index in [1.165, 1.54) is 22.3 Å². The second-order valence-electron chi connectivity index (χ2n) is 7.06. The molecule has 2 heteroatoms. The molecular weight excluding hydrogens is 328 g/mol. The maximum absolute atomic E-state index is 4.27. The van der Waals surface area contributed by atoms with Crippen LogP contribution in [0, 0.1) is 0 Å². The Morgan fingerprint density at radius 3 is 2.15 bits per heavy atom. The first-order valence-electron chi connectivity index (χ1n) is 9.28. The van der Waals surface area contributed by atoms with E-state index >= 15 is 0 Å². The number of hydrogen-bond acceptors (Lipinski definition) is 1. The Balaban J connectivity index is 1.66. The number of H-pyrrole nitrogens is 1. The van der Waals surface area contributed by atoms with Crippen LogP contribution in [0.15, 0.2) is 97.5 Å². The van der Waals surface area contributed by atoms with E-state index in [4.69, 9.17) is 0 Å². The summed E-state index contributed by atoms with van der Waals surface area (Å²) >= 11 is 0. The van der Waals surface area contributed by atoms with Crippen LogP contribution in [0.2, 0.25) is 0 Å². The van der Waals surface area contributed by atoms with Gasteiger partial charge in [-0.05, 0) is 35.2 Å². The van der Waals surface area contributed by atoms with Gasteiger partial charge in [-0.25, -0.2) is 0 Å². The van der Waals surface area contributed by atoms with Crippen LogP contribution in [0.3, 0.4) is 0 Å². The molecule has 0 spiro atoms. The van der Waals surface area contributed by atoms with Crippen LogP contribution >= 0.6 is 0 Å². The third-order valence-corrected chi connectivity index (χ3v) is 5.54. The lowest BCUT2D eigenvalue weighted by atomic mass is 9.68. The molecule has 5 rings (SSSR count). The van der Waals surface area contributed by atoms with Gasteiger partial charge in [-0.15, -0.1) is 0 Å². The molecule has 1 N–H and O–H groups in total. The third kappa shape index (κ3) is 2.61. The molecule has 27 heavy (non-hydrogen) atoms. The molecule has 0 unspecified atom stereocenters. The molecule has 1 aliphatic rings. The second-order valence-corrected chi connectivity index (χ2v) is 7.06. The molecule has 0 saturated carbocycles. The standard InChI is InChI=1S/C25H20N2/c1-3-9-21(10-4-1)25(22-11-5-2-6-12-22)14-13-23-20(16-25)18-27-24(23)19-8-7-15-26-17-19/h1-15,17-18,27H,16H2. The highest BCUT2D eigenvalue weighted by molar-refractivity contribution is 5.77. The van der Waals surface area contributed by atoms with Crippen molar-refractivity contribution in [2.45, 2.75) is 11.8 Å². The molecule has 4 aromatic rings. The molecule has 2 aromatic heterocycles. The summed E-state index contributed by atoms with van der Waals surface area (Å²) in [6.07, 6.45) is 11.5. The van der Waals surface area contributed by atoms with Gasteiger partial charge in [-0.3, -0.25) is 4.98 Å². The summed E-state index contributed by atoms with van der Waals surface area (Å²) in [5.74, 6) is 0. The molecule has 0 fully saturated rings. The molecule has 2 heterocycles. The lowest BCUT2D eigenvalue weighted by Gasteiger charge is -2.35. The molecule has 1 aliphatic carbocycles. The van der Waals surface area contributed by atoms with Crippen LogP contribution in [0.5, 0.6) is 0 Å². The van der Waals surface area contributed by atoms with Crippen molar-refractivity contribution in [2.24, 2.45) is 0 Å². The number of aromatic amines is 1. The van der Waals surface area contributed by atoms with Gasteiger partial charge >= 0.3 is 0 Å². The minimum atomic E-state index is -0.149. The highest BCUT2D eigenvalue weighted by atomic mass is 14.7. The average Bonchev–Trinajstić information content (AvgIpc) is 3.18. The zero-order valence-corrected chi connectivity index (χ0v) is 15.0. The molecule has 0 aliphatic heterocycles. The predicted octanol–water partition coefficient (Wildman–Crippen LogP) is 5.63. The largest absolute Gasteiger partial charge is 0.360 e. The number of hydrogen-bond donors (Lipinski definition) is 1. The quantitative estimate of drug-likeness (QED) is 0.510. The molecule has 0 radical (unpaired) electrons. The zero-order chi connectivity index (χ0) is 18.1. The molecule has 2 nitrogen and oxygen atoms in total. The highest BCUT2D eigenvalue weighted by Gasteiger charge is 2.35. The molecule has 2 aromatic carbocycles. The van der Waals surface area contributed by atoms with Gasteiger partial charge in [0, 0.05) is 35.1 Å². The fourth-order valence-corrected chi connectivity index (χ4v) is 4.18. The van der Waals surface area contributed by atoms with Gasteiger partial charge in [-0.2, -0.15) is 0 Å². The van der Waals surface area contributed by atoms with Crippen molar-refractivity contribution in [3.8, 4) is 11.3 Å². The van der Waals surface area contributed by atoms with Crippen LogP contribution < -0.4 is 0 Å². The third-order valence-electron chi connectivity index (χ3n) is 5.54. The van der Waals surface area contributed by atoms with E-state index in [0.717, 1.165) is 17.7 Å². The normalized spacial score (nSPS) is 14.7. The number of allylic oxidation sites excluding steroid dienone is 1. The van der Waals surface area contributed by atoms with Crippen molar-refractivity contribution in [2.75, 3.05) is 0 Å². The van der Waals surface area contributed by atoms with E-state index in [9.17, 15) is 0 Å². The fourth-order valence-electron chi connectivity index (χ4n) is 4.18. The van der Waals surface area contributed by atoms with Crippen molar-refractivity contribution < 1.29 is 0 Å². The lowest BCUT2D eigenvalue weighted by molar-refractivity contribution is 0.634. The Hall–Kier alpha value is -3.39. The van der Waals surface area contributed by atoms with Crippen LogP contribution in [0.1, 0.15) is 22.3 Å². The Bertz CT molecular complexity index is 1040. The summed E-state index contributed by atoms with van der Waals surface area (Å²) in [6.45, 7) is 0. The number of benzene rings is 2. The van der Waals surface area contributed by atoms with Crippen LogP contribution in [-0.4, -0.2) is 9.97 Å². The van der Waals surface area contributed by atoms with Gasteiger partial charge in [0.15, 0.2) is 0 Å². The summed E-state index contributed by atoms with van der Waals surface area (Å²) in [6, 6.07) is 25.7. The Kier molecular flexibility index (Phi) is 3.75. The average molecular weight is 348 g/mol. The number of nitrogens with one attached hydrogen (secondary N) is 1. The summed E-state index contributed by atoms with van der Waals surface area (Å²) in [5, 5.41) is 0. The van der Waals surface area contributed by atoms with Crippen LogP contribution in [0.25, 0.3) is 17.3 Å². The van der Waals surface area contributed by atoms with E-state index in [0.29, 0.717) is 0 Å². The zero-order valence-electron chi connectivity index (χ0n) is 15.0. The minimum Gasteiger partial charge on any atom is -0.360 e. The van der Waals surface area contributed by atoms with Crippen molar-refractivity contribution in [1.82, 2.24) is 9.97 Å². The minimum absolute atomic E-state index is 0.149. The SMILES string of the molecule is C1=CC(c2ccccc2)(c2ccccc2)Cc2c[nH]c(-c3cccnc3)c21. The molecule has 0 saturated heterocycles. The predicted molar refractivity (Wildman–Crippen MR) is 110 cm³/mol. The summed E-state index contributed by atoms with van der Waals surface area (Å²) in [5.41, 5.74) is 7.36. The summed E-state index contributed by atoms with van der Waals surface area (Å²) in [7, 11) is 0. The Morgan fingerprint density at radius 1 is 0.815 bits per heavy atom. The van der Waals surface area contributed by atoms with E-state index in [2.05, 4.69) is 95.0 Å². The van der Waals surface area contributed by atoms with E-state index < -0.39 is 0 Å². The van der Waals surface area contributed by atoms with Gasteiger partial charge in [0.1, 0.15) is 0 Å². The van der Waals surface area contributed by atoms with Gasteiger partial charge < -0.3 is 4.98 Å². The lowest BCUT2D eigenvalue weighted by Crippen LogP contribution is -2.30. The van der Waals surface area contributed by atoms with E-state index in [1.54, 1.807) is 0 Å². The number of aromatic nitrogens is 2. The first kappa shape index (κ1) is 15.8. The summed E-state index contributed by atoms with van der Waals surface area (Å²) < 4.78 is 0. The first-order chi connectivity index (χ1) is 13.4. The Labute approximate surface area is 159 Å². The van der Waals surface area contributed by atoms with Gasteiger partial charge in [0.2, 0.25) is 0 Å². The van der Waals surface area contributed by atoms with Crippen molar-refractivity contribution >= 4 is 6.08 Å². The topological polar surface area (TPSA) is 28.7 Å². The number of nitrogens with zero attached hydrogens (tertiary/aromatic N) is 1. The fraction of sp³-hybridized carbons (Fsp3) is 0.0800. The number of pyridine rings is 1. The maximum Gasteiger partial charge on any atom is 0.0545 e.